The van der Waals surface area contributed by atoms with E-state index in [4.69, 9.17) is 4.74 Å². The van der Waals surface area contributed by atoms with Crippen molar-refractivity contribution in [2.75, 3.05) is 24.4 Å². The number of benzene rings is 1. The van der Waals surface area contributed by atoms with E-state index in [1.165, 1.54) is 53.5 Å². The molecule has 0 aliphatic carbocycles. The van der Waals surface area contributed by atoms with E-state index in [0.29, 0.717) is 16.8 Å². The molecule has 11 nitrogen and oxygen atoms in total. The van der Waals surface area contributed by atoms with E-state index in [1.807, 2.05) is 0 Å². The van der Waals surface area contributed by atoms with Gasteiger partial charge in [-0.25, -0.2) is 22.5 Å². The number of anilines is 2. The number of amides is 2. The molecule has 3 aromatic rings. The number of hydrogen-bond donors (Lipinski definition) is 1. The second kappa shape index (κ2) is 9.98. The Balaban J connectivity index is 1.42. The molecule has 1 fully saturated rings. The van der Waals surface area contributed by atoms with Crippen LogP contribution in [0.3, 0.4) is 0 Å². The summed E-state index contributed by atoms with van der Waals surface area (Å²) in [6, 6.07) is 3.24. The third-order valence-electron chi connectivity index (χ3n) is 6.50. The maximum Gasteiger partial charge on any atom is 0.286 e. The molecule has 2 aromatic heterocycles. The van der Waals surface area contributed by atoms with Gasteiger partial charge in [0.15, 0.2) is 11.9 Å². The monoisotopic (exact) mass is 559 g/mol. The number of alkyl halides is 1. The minimum atomic E-state index is -2.67. The molecule has 1 aromatic carbocycles. The van der Waals surface area contributed by atoms with Crippen LogP contribution in [-0.4, -0.2) is 85.2 Å². The highest BCUT2D eigenvalue weighted by molar-refractivity contribution is 7.92. The number of rotatable bonds is 7. The maximum atomic E-state index is 14.2. The van der Waals surface area contributed by atoms with E-state index in [-0.39, 0.29) is 42.2 Å². The van der Waals surface area contributed by atoms with Gasteiger partial charge in [-0.3, -0.25) is 14.6 Å². The van der Waals surface area contributed by atoms with E-state index in [2.05, 4.69) is 24.8 Å². The van der Waals surface area contributed by atoms with Crippen LogP contribution in [0.1, 0.15) is 29.3 Å². The van der Waals surface area contributed by atoms with E-state index >= 15 is 0 Å². The number of hydrogen-bond acceptors (Lipinski definition) is 8. The highest BCUT2D eigenvalue weighted by Crippen LogP contribution is 2.33. The number of carbonyl (C=O) groups is 2. The number of ether oxygens (including phenoxy) is 1. The molecular weight excluding hydrogens is 532 g/mol. The topological polar surface area (TPSA) is 131 Å². The van der Waals surface area contributed by atoms with Crippen molar-refractivity contribution in [1.82, 2.24) is 19.5 Å². The molecule has 4 atom stereocenters. The fourth-order valence-corrected chi connectivity index (χ4v) is 5.15. The highest BCUT2D eigenvalue weighted by atomic mass is 32.2. The summed E-state index contributed by atoms with van der Waals surface area (Å²) in [6.07, 6.45) is 5.17. The predicted octanol–water partition coefficient (Wildman–Crippen LogP) is 2.95. The lowest BCUT2D eigenvalue weighted by molar-refractivity contribution is -0.138. The number of likely N-dealkylation sites (tertiary alicyclic amines) is 1. The molecular formula is C25H27F2N7O4S. The Bertz CT molecular complexity index is 1620. The molecule has 5 rings (SSSR count). The summed E-state index contributed by atoms with van der Waals surface area (Å²) in [5.74, 6) is -1.35. The maximum absolute atomic E-state index is 14.2. The molecule has 14 heteroatoms. The number of nitrogens with one attached hydrogen (secondary N) is 1. The van der Waals surface area contributed by atoms with Crippen LogP contribution in [0.4, 0.5) is 20.3 Å². The van der Waals surface area contributed by atoms with Gasteiger partial charge in [0.25, 0.3) is 11.8 Å². The predicted molar refractivity (Wildman–Crippen MR) is 142 cm³/mol. The Morgan fingerprint density at radius 2 is 2.05 bits per heavy atom. The molecule has 1 saturated heterocycles. The van der Waals surface area contributed by atoms with Gasteiger partial charge in [0.1, 0.15) is 35.6 Å². The second-order valence-electron chi connectivity index (χ2n) is 9.85. The zero-order valence-electron chi connectivity index (χ0n) is 21.7. The standard InChI is InChI=1S/C25H27F2N7O4S/c1-13-17(24(35)32-39(3,4)37)11-34-22(13)23(29-12-30-34)31-18-6-5-15(26)8-21(18)38-14(2)25(36)33-10-16(27)7-20(33)19-9-28-19/h5-6,8-9,11-12,14,16,19-20H,7,10H2,1-4H3,(H,29,30,31)/t14-,16+,19?,20+/m1/s1. The van der Waals surface area contributed by atoms with E-state index < -0.39 is 39.6 Å². The highest BCUT2D eigenvalue weighted by Gasteiger charge is 2.43. The van der Waals surface area contributed by atoms with Gasteiger partial charge in [0.05, 0.1) is 23.8 Å². The molecule has 206 valence electrons. The molecule has 2 amide bonds. The molecule has 0 radical (unpaired) electrons. The molecule has 39 heavy (non-hydrogen) atoms. The molecule has 0 saturated carbocycles. The summed E-state index contributed by atoms with van der Waals surface area (Å²) in [4.78, 5) is 35.6. The van der Waals surface area contributed by atoms with Crippen LogP contribution in [0.25, 0.3) is 5.52 Å². The van der Waals surface area contributed by atoms with Crippen LogP contribution >= 0.6 is 0 Å². The third kappa shape index (κ3) is 5.60. The molecule has 4 heterocycles. The van der Waals surface area contributed by atoms with Gasteiger partial charge in [0, 0.05) is 47.1 Å². The van der Waals surface area contributed by atoms with Crippen molar-refractivity contribution in [3.05, 3.63) is 47.7 Å². The van der Waals surface area contributed by atoms with Gasteiger partial charge in [-0.05, 0) is 31.5 Å². The van der Waals surface area contributed by atoms with Crippen molar-refractivity contribution < 1.29 is 27.3 Å². The van der Waals surface area contributed by atoms with Crippen LogP contribution in [0, 0.1) is 12.7 Å². The summed E-state index contributed by atoms with van der Waals surface area (Å²) in [5.41, 5.74) is 1.43. The van der Waals surface area contributed by atoms with Crippen LogP contribution < -0.4 is 10.1 Å². The molecule has 2 aliphatic rings. The fraction of sp³-hybridized carbons (Fsp3) is 0.400. The number of fused-ring (bicyclic) bond motifs is 1. The zero-order valence-corrected chi connectivity index (χ0v) is 22.5. The van der Waals surface area contributed by atoms with Crippen molar-refractivity contribution in [2.45, 2.75) is 44.6 Å². The minimum Gasteiger partial charge on any atom is -0.479 e. The van der Waals surface area contributed by atoms with Crippen LogP contribution in [0.2, 0.25) is 0 Å². The van der Waals surface area contributed by atoms with Crippen molar-refractivity contribution in [3.63, 3.8) is 0 Å². The SMILES string of the molecule is Cc1c(C(=O)N=S(C)(C)=O)cn2ncnc(Nc3ccc(F)cc3O[C@H](C)C(=O)N3C[C@@H](F)C[C@H]3C3C=N3)c12. The Kier molecular flexibility index (Phi) is 6.83. The molecule has 0 spiro atoms. The first kappa shape index (κ1) is 26.7. The Hall–Kier alpha value is -3.94. The lowest BCUT2D eigenvalue weighted by Gasteiger charge is -2.27. The minimum absolute atomic E-state index is 0.0371. The van der Waals surface area contributed by atoms with Crippen molar-refractivity contribution in [2.24, 2.45) is 9.36 Å². The third-order valence-corrected chi connectivity index (χ3v) is 7.10. The van der Waals surface area contributed by atoms with Crippen molar-refractivity contribution in [1.29, 1.82) is 0 Å². The summed E-state index contributed by atoms with van der Waals surface area (Å²) in [5, 5.41) is 7.22. The first-order valence-corrected chi connectivity index (χ1v) is 14.5. The van der Waals surface area contributed by atoms with Gasteiger partial charge in [-0.2, -0.15) is 9.46 Å². The largest absolute Gasteiger partial charge is 0.479 e. The van der Waals surface area contributed by atoms with Crippen LogP contribution in [0.15, 0.2) is 40.1 Å². The quantitative estimate of drug-likeness (QED) is 0.471. The first-order valence-electron chi connectivity index (χ1n) is 12.2. The van der Waals surface area contributed by atoms with Gasteiger partial charge >= 0.3 is 0 Å². The molecule has 0 bridgehead atoms. The lowest BCUT2D eigenvalue weighted by atomic mass is 10.1. The average molecular weight is 560 g/mol. The number of aliphatic imine (C=N–C) groups is 1. The molecule has 1 unspecified atom stereocenters. The normalized spacial score (nSPS) is 21.2. The smallest absolute Gasteiger partial charge is 0.286 e. The number of aromatic nitrogens is 3. The van der Waals surface area contributed by atoms with Gasteiger partial charge in [-0.15, -0.1) is 0 Å². The van der Waals surface area contributed by atoms with Gasteiger partial charge in [-0.1, -0.05) is 0 Å². The Labute approximate surface area is 223 Å². The van der Waals surface area contributed by atoms with E-state index in [0.717, 1.165) is 6.07 Å². The number of nitrogens with zero attached hydrogens (tertiary/aromatic N) is 6. The summed E-state index contributed by atoms with van der Waals surface area (Å²) < 4.78 is 51.5. The van der Waals surface area contributed by atoms with E-state index in [1.54, 1.807) is 13.1 Å². The summed E-state index contributed by atoms with van der Waals surface area (Å²) in [7, 11) is -2.67. The first-order chi connectivity index (χ1) is 18.4. The molecule has 1 N–H and O–H groups in total. The van der Waals surface area contributed by atoms with Gasteiger partial charge in [0.2, 0.25) is 0 Å². The lowest BCUT2D eigenvalue weighted by Crippen LogP contribution is -2.45. The van der Waals surface area contributed by atoms with E-state index in [9.17, 15) is 22.6 Å². The Morgan fingerprint density at radius 3 is 2.74 bits per heavy atom. The summed E-state index contributed by atoms with van der Waals surface area (Å²) in [6.45, 7) is 3.15. The van der Waals surface area contributed by atoms with Crippen LogP contribution in [-0.2, 0) is 14.5 Å². The molecule has 2 aliphatic heterocycles. The number of carbonyl (C=O) groups excluding carboxylic acids is 2. The number of halogens is 2. The number of aryl methyl sites for hydroxylation is 1. The Morgan fingerprint density at radius 1 is 1.31 bits per heavy atom. The van der Waals surface area contributed by atoms with Crippen molar-refractivity contribution in [3.8, 4) is 5.75 Å². The fourth-order valence-electron chi connectivity index (χ4n) is 4.65. The zero-order chi connectivity index (χ0) is 28.1. The summed E-state index contributed by atoms with van der Waals surface area (Å²) >= 11 is 0. The average Bonchev–Trinajstić information content (AvgIpc) is 3.54. The second-order valence-corrected chi connectivity index (χ2v) is 12.4. The van der Waals surface area contributed by atoms with Gasteiger partial charge < -0.3 is 15.0 Å². The van der Waals surface area contributed by atoms with Crippen LogP contribution in [0.5, 0.6) is 5.75 Å². The van der Waals surface area contributed by atoms with Crippen molar-refractivity contribution >= 4 is 44.8 Å².